The molecule has 158 valence electrons. The van der Waals surface area contributed by atoms with Crippen LogP contribution in [-0.4, -0.2) is 69.4 Å². The van der Waals surface area contributed by atoms with E-state index in [1.54, 1.807) is 4.90 Å². The summed E-state index contributed by atoms with van der Waals surface area (Å²) in [4.78, 5) is 16.3. The normalized spacial score (nSPS) is 19.3. The fourth-order valence-electron chi connectivity index (χ4n) is 3.73. The minimum absolute atomic E-state index is 0.0290. The number of nitrogens with zero attached hydrogens (tertiary/aromatic N) is 3. The van der Waals surface area contributed by atoms with Gasteiger partial charge in [0.25, 0.3) is 10.0 Å². The van der Waals surface area contributed by atoms with E-state index >= 15 is 0 Å². The van der Waals surface area contributed by atoms with Gasteiger partial charge in [-0.15, -0.1) is 4.40 Å². The molecular formula is C21H29N3O4S. The average molecular weight is 420 g/mol. The molecule has 3 rings (SSSR count). The van der Waals surface area contributed by atoms with Gasteiger partial charge in [0.15, 0.2) is 0 Å². The van der Waals surface area contributed by atoms with E-state index in [0.717, 1.165) is 18.4 Å². The van der Waals surface area contributed by atoms with Crippen LogP contribution in [-0.2, 0) is 26.0 Å². The molecule has 2 heterocycles. The Morgan fingerprint density at radius 3 is 2.48 bits per heavy atom. The maximum absolute atomic E-state index is 12.8. The Morgan fingerprint density at radius 2 is 1.83 bits per heavy atom. The van der Waals surface area contributed by atoms with Gasteiger partial charge in [0.1, 0.15) is 17.3 Å². The molecule has 7 nitrogen and oxygen atoms in total. The highest BCUT2D eigenvalue weighted by Crippen LogP contribution is 2.34. The molecule has 1 aromatic carbocycles. The molecule has 0 radical (unpaired) electrons. The summed E-state index contributed by atoms with van der Waals surface area (Å²) in [6.07, 6.45) is 1.66. The topological polar surface area (TPSA) is 79.3 Å². The number of benzene rings is 1. The zero-order chi connectivity index (χ0) is 21.0. The second-order valence-corrected chi connectivity index (χ2v) is 8.79. The van der Waals surface area contributed by atoms with E-state index in [1.165, 1.54) is 0 Å². The molecule has 0 aliphatic carbocycles. The highest BCUT2D eigenvalue weighted by atomic mass is 32.2. The smallest absolute Gasteiger partial charge is 0.285 e. The van der Waals surface area contributed by atoms with Crippen molar-refractivity contribution in [2.24, 2.45) is 4.40 Å². The summed E-state index contributed by atoms with van der Waals surface area (Å²) in [6.45, 7) is 8.70. The number of hydrogen-bond donors (Lipinski definition) is 0. The lowest BCUT2D eigenvalue weighted by molar-refractivity contribution is -0.135. The number of hydrogen-bond acceptors (Lipinski definition) is 5. The van der Waals surface area contributed by atoms with Crippen molar-refractivity contribution in [3.8, 4) is 0 Å². The molecule has 0 atom stereocenters. The SMILES string of the molecule is CCOCC(=O)N1CCCN(C2=NS(=O)(=O)C(c3ccc(CC)cc3)=C2C)CC1. The van der Waals surface area contributed by atoms with Crippen molar-refractivity contribution in [3.05, 3.63) is 41.0 Å². The van der Waals surface area contributed by atoms with Crippen LogP contribution in [0.1, 0.15) is 38.3 Å². The number of ether oxygens (including phenoxy) is 1. The molecule has 1 fully saturated rings. The van der Waals surface area contributed by atoms with Crippen LogP contribution in [0.5, 0.6) is 0 Å². The maximum Gasteiger partial charge on any atom is 0.285 e. The predicted molar refractivity (Wildman–Crippen MR) is 114 cm³/mol. The Kier molecular flexibility index (Phi) is 6.74. The quantitative estimate of drug-likeness (QED) is 0.732. The van der Waals surface area contributed by atoms with Crippen molar-refractivity contribution >= 4 is 26.7 Å². The van der Waals surface area contributed by atoms with E-state index < -0.39 is 10.0 Å². The fourth-order valence-corrected chi connectivity index (χ4v) is 5.22. The maximum atomic E-state index is 12.8. The third kappa shape index (κ3) is 4.70. The van der Waals surface area contributed by atoms with Crippen LogP contribution in [0.4, 0.5) is 0 Å². The average Bonchev–Trinajstić information content (AvgIpc) is 2.86. The lowest BCUT2D eigenvalue weighted by Gasteiger charge is -2.23. The monoisotopic (exact) mass is 419 g/mol. The van der Waals surface area contributed by atoms with Crippen molar-refractivity contribution in [1.29, 1.82) is 0 Å². The molecule has 29 heavy (non-hydrogen) atoms. The molecule has 1 aromatic rings. The third-order valence-corrected chi connectivity index (χ3v) is 6.81. The number of amides is 1. The minimum atomic E-state index is -3.74. The van der Waals surface area contributed by atoms with E-state index in [4.69, 9.17) is 4.74 Å². The molecule has 0 unspecified atom stereocenters. The summed E-state index contributed by atoms with van der Waals surface area (Å²) < 4.78 is 34.9. The van der Waals surface area contributed by atoms with Crippen molar-refractivity contribution in [2.45, 2.75) is 33.6 Å². The number of carbonyl (C=O) groups excluding carboxylic acids is 1. The van der Waals surface area contributed by atoms with Gasteiger partial charge in [0.05, 0.1) is 0 Å². The van der Waals surface area contributed by atoms with E-state index in [9.17, 15) is 13.2 Å². The Bertz CT molecular complexity index is 920. The van der Waals surface area contributed by atoms with Crippen molar-refractivity contribution < 1.29 is 17.9 Å². The van der Waals surface area contributed by atoms with E-state index in [0.29, 0.717) is 49.8 Å². The molecule has 8 heteroatoms. The van der Waals surface area contributed by atoms with Gasteiger partial charge in [-0.2, -0.15) is 8.42 Å². The molecule has 2 aliphatic rings. The summed E-state index contributed by atoms with van der Waals surface area (Å²) in [6, 6.07) is 7.61. The Morgan fingerprint density at radius 1 is 1.10 bits per heavy atom. The van der Waals surface area contributed by atoms with Crippen LogP contribution in [0.3, 0.4) is 0 Å². The predicted octanol–water partition coefficient (Wildman–Crippen LogP) is 2.29. The fraction of sp³-hybridized carbons (Fsp3) is 0.524. The molecule has 1 amide bonds. The first kappa shape index (κ1) is 21.5. The molecule has 2 aliphatic heterocycles. The number of aryl methyl sites for hydroxylation is 1. The summed E-state index contributed by atoms with van der Waals surface area (Å²) >= 11 is 0. The highest BCUT2D eigenvalue weighted by Gasteiger charge is 2.34. The second-order valence-electron chi connectivity index (χ2n) is 7.25. The standard InChI is InChI=1S/C21H29N3O4S/c1-4-17-7-9-18(10-8-17)20-16(3)21(22-29(20,26)27)24-12-6-11-23(13-14-24)19(25)15-28-5-2/h7-10H,4-6,11-15H2,1-3H3. The van der Waals surface area contributed by atoms with Gasteiger partial charge in [-0.25, -0.2) is 0 Å². The van der Waals surface area contributed by atoms with Crippen LogP contribution in [0, 0.1) is 0 Å². The van der Waals surface area contributed by atoms with Crippen molar-refractivity contribution in [2.75, 3.05) is 39.4 Å². The van der Waals surface area contributed by atoms with Gasteiger partial charge < -0.3 is 14.5 Å². The Hall–Kier alpha value is -2.19. The van der Waals surface area contributed by atoms with Gasteiger partial charge in [-0.3, -0.25) is 4.79 Å². The summed E-state index contributed by atoms with van der Waals surface area (Å²) in [5, 5.41) is 0. The molecule has 0 spiro atoms. The molecule has 0 aromatic heterocycles. The molecule has 0 bridgehead atoms. The first-order valence-electron chi connectivity index (χ1n) is 10.1. The summed E-state index contributed by atoms with van der Waals surface area (Å²) in [7, 11) is -3.74. The number of rotatable bonds is 5. The number of carbonyl (C=O) groups is 1. The van der Waals surface area contributed by atoms with E-state index in [-0.39, 0.29) is 17.4 Å². The van der Waals surface area contributed by atoms with Gasteiger partial charge in [-0.1, -0.05) is 31.2 Å². The van der Waals surface area contributed by atoms with Gasteiger partial charge in [-0.05, 0) is 37.8 Å². The molecule has 0 N–H and O–H groups in total. The van der Waals surface area contributed by atoms with Crippen molar-refractivity contribution in [3.63, 3.8) is 0 Å². The van der Waals surface area contributed by atoms with Gasteiger partial charge >= 0.3 is 0 Å². The lowest BCUT2D eigenvalue weighted by atomic mass is 10.1. The van der Waals surface area contributed by atoms with E-state index in [1.807, 2.05) is 43.0 Å². The summed E-state index contributed by atoms with van der Waals surface area (Å²) in [5.41, 5.74) is 2.50. The highest BCUT2D eigenvalue weighted by molar-refractivity contribution is 8.00. The molecule has 1 saturated heterocycles. The van der Waals surface area contributed by atoms with Gasteiger partial charge in [0.2, 0.25) is 5.91 Å². The first-order chi connectivity index (χ1) is 13.9. The largest absolute Gasteiger partial charge is 0.372 e. The minimum Gasteiger partial charge on any atom is -0.372 e. The van der Waals surface area contributed by atoms with Crippen LogP contribution < -0.4 is 0 Å². The number of sulfonamides is 1. The molecule has 0 saturated carbocycles. The van der Waals surface area contributed by atoms with Crippen molar-refractivity contribution in [1.82, 2.24) is 9.80 Å². The van der Waals surface area contributed by atoms with Gasteiger partial charge in [0, 0.05) is 38.4 Å². The third-order valence-electron chi connectivity index (χ3n) is 5.34. The van der Waals surface area contributed by atoms with Crippen LogP contribution >= 0.6 is 0 Å². The zero-order valence-corrected chi connectivity index (χ0v) is 18.2. The second kappa shape index (κ2) is 9.09. The lowest BCUT2D eigenvalue weighted by Crippen LogP contribution is -2.38. The Balaban J connectivity index is 1.80. The number of amidine groups is 1. The van der Waals surface area contributed by atoms with E-state index in [2.05, 4.69) is 11.3 Å². The van der Waals surface area contributed by atoms with Crippen LogP contribution in [0.15, 0.2) is 34.2 Å². The van der Waals surface area contributed by atoms with Crippen LogP contribution in [0.25, 0.3) is 4.91 Å². The zero-order valence-electron chi connectivity index (χ0n) is 17.3. The van der Waals surface area contributed by atoms with Crippen LogP contribution in [0.2, 0.25) is 0 Å². The first-order valence-corrected chi connectivity index (χ1v) is 11.6. The Labute approximate surface area is 173 Å². The molecular weight excluding hydrogens is 390 g/mol. The summed E-state index contributed by atoms with van der Waals surface area (Å²) in [5.74, 6) is 0.470.